The molecule has 0 amide bonds. The minimum atomic E-state index is -1.08. The monoisotopic (exact) mass is 311 g/mol. The first-order chi connectivity index (χ1) is 9.62. The molecule has 0 saturated carbocycles. The second-order valence-electron chi connectivity index (χ2n) is 5.97. The van der Waals surface area contributed by atoms with Gasteiger partial charge in [0.2, 0.25) is 0 Å². The molecule has 1 N–H and O–H groups in total. The van der Waals surface area contributed by atoms with Gasteiger partial charge < -0.3 is 5.11 Å². The fourth-order valence-electron chi connectivity index (χ4n) is 2.30. The summed E-state index contributed by atoms with van der Waals surface area (Å²) in [5.41, 5.74) is 1.62. The van der Waals surface area contributed by atoms with Crippen LogP contribution in [0.25, 0.3) is 0 Å². The molecule has 2 rings (SSSR count). The van der Waals surface area contributed by atoms with Gasteiger partial charge in [0.1, 0.15) is 0 Å². The van der Waals surface area contributed by atoms with Gasteiger partial charge in [-0.25, -0.2) is 9.48 Å². The Morgan fingerprint density at radius 2 is 2.00 bits per heavy atom. The molecule has 114 valence electrons. The molecule has 7 nitrogen and oxygen atoms in total. The second kappa shape index (κ2) is 5.14. The molecule has 0 saturated heterocycles. The molecule has 2 aromatic heterocycles. The molecule has 0 aliphatic carbocycles. The lowest BCUT2D eigenvalue weighted by Crippen LogP contribution is -2.23. The van der Waals surface area contributed by atoms with Gasteiger partial charge in [-0.2, -0.15) is 5.10 Å². The van der Waals surface area contributed by atoms with Crippen LogP contribution in [0.2, 0.25) is 5.02 Å². The van der Waals surface area contributed by atoms with Gasteiger partial charge in [-0.1, -0.05) is 37.6 Å². The lowest BCUT2D eigenvalue weighted by Gasteiger charge is -2.20. The molecule has 0 spiro atoms. The maximum absolute atomic E-state index is 11.3. The standard InChI is InChI=1S/C13H18ClN5O2/c1-7-9(14)8(18(5)16-7)6-19-11(13(2,3)4)10(12(20)21)15-17-19/h6H2,1-5H3,(H,20,21). The zero-order valence-corrected chi connectivity index (χ0v) is 13.4. The maximum atomic E-state index is 11.3. The summed E-state index contributed by atoms with van der Waals surface area (Å²) in [5.74, 6) is -1.08. The highest BCUT2D eigenvalue weighted by Crippen LogP contribution is 2.27. The number of hydrogen-bond donors (Lipinski definition) is 1. The van der Waals surface area contributed by atoms with Gasteiger partial charge in [0.25, 0.3) is 0 Å². The average Bonchev–Trinajstić information content (AvgIpc) is 2.86. The zero-order chi connectivity index (χ0) is 15.9. The number of aryl methyl sites for hydroxylation is 2. The Kier molecular flexibility index (Phi) is 3.79. The Labute approximate surface area is 127 Å². The topological polar surface area (TPSA) is 85.8 Å². The van der Waals surface area contributed by atoms with Crippen LogP contribution < -0.4 is 0 Å². The van der Waals surface area contributed by atoms with E-state index in [4.69, 9.17) is 11.6 Å². The van der Waals surface area contributed by atoms with Crippen molar-refractivity contribution in [3.8, 4) is 0 Å². The van der Waals surface area contributed by atoms with Crippen LogP contribution >= 0.6 is 11.6 Å². The van der Waals surface area contributed by atoms with E-state index in [1.54, 1.807) is 16.4 Å². The SMILES string of the molecule is Cc1nn(C)c(Cn2nnc(C(=O)O)c2C(C)(C)C)c1Cl. The molecule has 0 unspecified atom stereocenters. The van der Waals surface area contributed by atoms with E-state index in [0.717, 1.165) is 11.4 Å². The van der Waals surface area contributed by atoms with Crippen molar-refractivity contribution in [1.29, 1.82) is 0 Å². The van der Waals surface area contributed by atoms with Gasteiger partial charge in [-0.15, -0.1) is 5.10 Å². The summed E-state index contributed by atoms with van der Waals surface area (Å²) < 4.78 is 3.25. The van der Waals surface area contributed by atoms with Crippen LogP contribution in [0.15, 0.2) is 0 Å². The van der Waals surface area contributed by atoms with E-state index in [0.29, 0.717) is 17.3 Å². The number of carboxylic acid groups (broad SMARTS) is 1. The predicted octanol–water partition coefficient (Wildman–Crippen LogP) is 2.02. The largest absolute Gasteiger partial charge is 0.476 e. The summed E-state index contributed by atoms with van der Waals surface area (Å²) in [6.45, 7) is 7.91. The molecule has 0 aliphatic heterocycles. The van der Waals surface area contributed by atoms with Gasteiger partial charge in [-0.3, -0.25) is 4.68 Å². The normalized spacial score (nSPS) is 11.9. The summed E-state index contributed by atoms with van der Waals surface area (Å²) in [6, 6.07) is 0. The van der Waals surface area contributed by atoms with E-state index in [1.165, 1.54) is 0 Å². The van der Waals surface area contributed by atoms with Crippen molar-refractivity contribution in [2.24, 2.45) is 7.05 Å². The molecule has 0 radical (unpaired) electrons. The van der Waals surface area contributed by atoms with E-state index in [1.807, 2.05) is 27.7 Å². The van der Waals surface area contributed by atoms with E-state index in [9.17, 15) is 9.90 Å². The maximum Gasteiger partial charge on any atom is 0.358 e. The quantitative estimate of drug-likeness (QED) is 0.937. The van der Waals surface area contributed by atoms with Gasteiger partial charge in [0, 0.05) is 12.5 Å². The van der Waals surface area contributed by atoms with E-state index >= 15 is 0 Å². The van der Waals surface area contributed by atoms with Gasteiger partial charge >= 0.3 is 5.97 Å². The Balaban J connectivity index is 2.53. The van der Waals surface area contributed by atoms with Crippen molar-refractivity contribution < 1.29 is 9.90 Å². The fourth-order valence-corrected chi connectivity index (χ4v) is 2.52. The van der Waals surface area contributed by atoms with Crippen LogP contribution in [0.4, 0.5) is 0 Å². The molecule has 0 bridgehead atoms. The zero-order valence-electron chi connectivity index (χ0n) is 12.7. The first-order valence-corrected chi connectivity index (χ1v) is 6.86. The van der Waals surface area contributed by atoms with Crippen molar-refractivity contribution in [2.75, 3.05) is 0 Å². The molecule has 2 heterocycles. The highest BCUT2D eigenvalue weighted by molar-refractivity contribution is 6.31. The van der Waals surface area contributed by atoms with E-state index in [2.05, 4.69) is 15.4 Å². The number of aromatic nitrogens is 5. The van der Waals surface area contributed by atoms with Crippen LogP contribution in [-0.4, -0.2) is 35.9 Å². The minimum Gasteiger partial charge on any atom is -0.476 e. The molecule has 0 aromatic carbocycles. The summed E-state index contributed by atoms with van der Waals surface area (Å²) >= 11 is 6.24. The number of halogens is 1. The smallest absolute Gasteiger partial charge is 0.358 e. The van der Waals surface area contributed by atoms with Crippen LogP contribution in [0.3, 0.4) is 0 Å². The second-order valence-corrected chi connectivity index (χ2v) is 6.35. The summed E-state index contributed by atoms with van der Waals surface area (Å²) in [4.78, 5) is 11.3. The average molecular weight is 312 g/mol. The third-order valence-corrected chi connectivity index (χ3v) is 3.70. The Bertz CT molecular complexity index is 696. The lowest BCUT2D eigenvalue weighted by molar-refractivity contribution is 0.0687. The molecular formula is C13H18ClN5O2. The predicted molar refractivity (Wildman–Crippen MR) is 77.7 cm³/mol. The first kappa shape index (κ1) is 15.5. The number of hydrogen-bond acceptors (Lipinski definition) is 4. The van der Waals surface area contributed by atoms with Crippen LogP contribution in [0.5, 0.6) is 0 Å². The molecule has 21 heavy (non-hydrogen) atoms. The van der Waals surface area contributed by atoms with Crippen molar-refractivity contribution in [2.45, 2.75) is 39.7 Å². The lowest BCUT2D eigenvalue weighted by atomic mass is 9.90. The molecule has 0 fully saturated rings. The van der Waals surface area contributed by atoms with Crippen molar-refractivity contribution in [1.82, 2.24) is 24.8 Å². The van der Waals surface area contributed by atoms with Crippen molar-refractivity contribution >= 4 is 17.6 Å². The Morgan fingerprint density at radius 3 is 2.43 bits per heavy atom. The Morgan fingerprint density at radius 1 is 1.38 bits per heavy atom. The minimum absolute atomic E-state index is 0.0301. The molecule has 2 aromatic rings. The number of aromatic carboxylic acids is 1. The molecule has 8 heteroatoms. The third-order valence-electron chi connectivity index (χ3n) is 3.21. The van der Waals surface area contributed by atoms with Crippen LogP contribution in [0, 0.1) is 6.92 Å². The summed E-state index contributed by atoms with van der Waals surface area (Å²) in [6.07, 6.45) is 0. The van der Waals surface area contributed by atoms with Crippen molar-refractivity contribution in [3.63, 3.8) is 0 Å². The van der Waals surface area contributed by atoms with Crippen LogP contribution in [-0.2, 0) is 19.0 Å². The Hall–Kier alpha value is -1.89. The van der Waals surface area contributed by atoms with Crippen molar-refractivity contribution in [3.05, 3.63) is 27.8 Å². The van der Waals surface area contributed by atoms with Crippen LogP contribution in [0.1, 0.15) is 48.3 Å². The molecule has 0 aliphatic rings. The highest BCUT2D eigenvalue weighted by atomic mass is 35.5. The summed E-state index contributed by atoms with van der Waals surface area (Å²) in [5, 5.41) is 21.8. The van der Waals surface area contributed by atoms with E-state index < -0.39 is 11.4 Å². The first-order valence-electron chi connectivity index (χ1n) is 6.48. The molecule has 0 atom stereocenters. The summed E-state index contributed by atoms with van der Waals surface area (Å²) in [7, 11) is 1.79. The van der Waals surface area contributed by atoms with Gasteiger partial charge in [0.05, 0.1) is 28.6 Å². The number of carboxylic acids is 1. The number of rotatable bonds is 3. The number of carbonyl (C=O) groups is 1. The number of nitrogens with zero attached hydrogens (tertiary/aromatic N) is 5. The fraction of sp³-hybridized carbons (Fsp3) is 0.538. The van der Waals surface area contributed by atoms with E-state index in [-0.39, 0.29) is 5.69 Å². The van der Waals surface area contributed by atoms with Gasteiger partial charge in [0.15, 0.2) is 5.69 Å². The molecular weight excluding hydrogens is 294 g/mol. The highest BCUT2D eigenvalue weighted by Gasteiger charge is 2.29. The van der Waals surface area contributed by atoms with Gasteiger partial charge in [-0.05, 0) is 6.92 Å². The third kappa shape index (κ3) is 2.78.